The van der Waals surface area contributed by atoms with Crippen molar-refractivity contribution in [3.05, 3.63) is 58.6 Å². The van der Waals surface area contributed by atoms with Gasteiger partial charge in [0.2, 0.25) is 0 Å². The number of hydrogen-bond donors (Lipinski definition) is 0. The number of hydrogen-bond acceptors (Lipinski definition) is 5. The first-order valence-corrected chi connectivity index (χ1v) is 12.7. The van der Waals surface area contributed by atoms with Crippen LogP contribution >= 0.6 is 11.6 Å². The Hall–Kier alpha value is -3.06. The smallest absolute Gasteiger partial charge is 0.325 e. The van der Waals surface area contributed by atoms with Crippen LogP contribution in [-0.2, 0) is 16.1 Å². The molecule has 0 saturated heterocycles. The van der Waals surface area contributed by atoms with Gasteiger partial charge in [0.05, 0.1) is 30.4 Å². The van der Waals surface area contributed by atoms with Gasteiger partial charge in [0, 0.05) is 18.6 Å². The Morgan fingerprint density at radius 3 is 2.36 bits per heavy atom. The summed E-state index contributed by atoms with van der Waals surface area (Å²) in [5, 5.41) is 0.628. The van der Waals surface area contributed by atoms with Gasteiger partial charge in [-0.15, -0.1) is 0 Å². The summed E-state index contributed by atoms with van der Waals surface area (Å²) in [7, 11) is 1.71. The predicted molar refractivity (Wildman–Crippen MR) is 143 cm³/mol. The molecule has 0 aliphatic heterocycles. The highest BCUT2D eigenvalue weighted by molar-refractivity contribution is 6.30. The zero-order valence-electron chi connectivity index (χ0n) is 22.0. The fraction of sp³-hybridized carbons (Fsp3) is 0.464. The van der Waals surface area contributed by atoms with Gasteiger partial charge in [-0.2, -0.15) is 0 Å². The summed E-state index contributed by atoms with van der Waals surface area (Å²) in [6.45, 7) is 10.5. The van der Waals surface area contributed by atoms with Gasteiger partial charge in [0.25, 0.3) is 0 Å². The molecule has 1 aliphatic rings. The van der Waals surface area contributed by atoms with Crippen LogP contribution in [0.5, 0.6) is 5.75 Å². The number of carbonyl (C=O) groups is 2. The quantitative estimate of drug-likeness (QED) is 0.221. The first-order chi connectivity index (χ1) is 17.0. The normalized spacial score (nSPS) is 14.4. The van der Waals surface area contributed by atoms with Crippen LogP contribution in [-0.4, -0.2) is 53.9 Å². The highest BCUT2D eigenvalue weighted by Gasteiger charge is 2.52. The van der Waals surface area contributed by atoms with Crippen molar-refractivity contribution in [3.63, 3.8) is 0 Å². The number of carbonyl (C=O) groups excluding carboxylic acids is 2. The third kappa shape index (κ3) is 7.00. The molecule has 2 aromatic carbocycles. The van der Waals surface area contributed by atoms with Gasteiger partial charge in [-0.3, -0.25) is 9.69 Å². The Morgan fingerprint density at radius 2 is 1.81 bits per heavy atom. The van der Waals surface area contributed by atoms with Crippen LogP contribution < -0.4 is 4.74 Å². The van der Waals surface area contributed by atoms with Crippen molar-refractivity contribution in [3.8, 4) is 5.75 Å². The monoisotopic (exact) mass is 513 g/mol. The molecule has 0 atom stereocenters. The summed E-state index contributed by atoms with van der Waals surface area (Å²) < 4.78 is 11.1. The van der Waals surface area contributed by atoms with Crippen molar-refractivity contribution < 1.29 is 19.1 Å². The van der Waals surface area contributed by atoms with Crippen molar-refractivity contribution in [2.24, 2.45) is 10.4 Å². The Morgan fingerprint density at radius 1 is 1.14 bits per heavy atom. The fourth-order valence-electron chi connectivity index (χ4n) is 4.02. The highest BCUT2D eigenvalue weighted by Crippen LogP contribution is 2.47. The fourth-order valence-corrected chi connectivity index (χ4v) is 4.14. The number of urea groups is 1. The molecule has 0 bridgehead atoms. The predicted octanol–water partition coefficient (Wildman–Crippen LogP) is 6.38. The third-order valence-electron chi connectivity index (χ3n) is 6.12. The highest BCUT2D eigenvalue weighted by atomic mass is 35.5. The molecule has 194 valence electrons. The minimum absolute atomic E-state index is 0.0761. The van der Waals surface area contributed by atoms with Crippen LogP contribution in [0.25, 0.3) is 0 Å². The first kappa shape index (κ1) is 27.5. The van der Waals surface area contributed by atoms with Crippen LogP contribution in [0.15, 0.2) is 47.5 Å². The Labute approximate surface area is 219 Å². The van der Waals surface area contributed by atoms with E-state index in [1.807, 2.05) is 58.0 Å². The number of esters is 1. The van der Waals surface area contributed by atoms with Crippen molar-refractivity contribution in [1.82, 2.24) is 9.80 Å². The maximum Gasteiger partial charge on any atom is 0.325 e. The molecule has 2 aromatic rings. The number of halogens is 1. The van der Waals surface area contributed by atoms with Crippen molar-refractivity contribution in [2.45, 2.75) is 60.1 Å². The van der Waals surface area contributed by atoms with E-state index in [1.54, 1.807) is 35.9 Å². The lowest BCUT2D eigenvalue weighted by Crippen LogP contribution is -2.46. The molecule has 0 radical (unpaired) electrons. The average molecular weight is 514 g/mol. The number of amides is 2. The van der Waals surface area contributed by atoms with Gasteiger partial charge in [0.1, 0.15) is 11.6 Å². The molecule has 0 unspecified atom stereocenters. The lowest BCUT2D eigenvalue weighted by Gasteiger charge is -2.30. The Balaban J connectivity index is 1.86. The number of aryl methyl sites for hydroxylation is 1. The van der Waals surface area contributed by atoms with Crippen molar-refractivity contribution in [1.29, 1.82) is 0 Å². The number of amidine groups is 1. The van der Waals surface area contributed by atoms with Gasteiger partial charge < -0.3 is 14.4 Å². The van der Waals surface area contributed by atoms with E-state index in [4.69, 9.17) is 26.1 Å². The molecule has 8 heteroatoms. The van der Waals surface area contributed by atoms with E-state index in [2.05, 4.69) is 0 Å². The largest absolute Gasteiger partial charge is 0.491 e. The lowest BCUT2D eigenvalue weighted by molar-refractivity contribution is -0.150. The number of ether oxygens (including phenoxy) is 2. The SMILES string of the molecule is CCOC(=O)C1(CN(C)C(=O)N(Cc2ccc(Cl)cc2)C(C)=Nc2ccc(OC(C)C)c(C)c2)CC1. The minimum Gasteiger partial charge on any atom is -0.491 e. The van der Waals surface area contributed by atoms with Gasteiger partial charge in [-0.1, -0.05) is 23.7 Å². The number of rotatable bonds is 9. The van der Waals surface area contributed by atoms with E-state index in [0.717, 1.165) is 35.4 Å². The summed E-state index contributed by atoms with van der Waals surface area (Å²) in [5.74, 6) is 1.11. The lowest BCUT2D eigenvalue weighted by atomic mass is 10.1. The second kappa shape index (κ2) is 11.8. The molecule has 0 spiro atoms. The van der Waals surface area contributed by atoms with Crippen LogP contribution in [0.3, 0.4) is 0 Å². The average Bonchev–Trinajstić information content (AvgIpc) is 3.60. The molecule has 0 heterocycles. The second-order valence-electron chi connectivity index (χ2n) is 9.63. The van der Waals surface area contributed by atoms with E-state index in [1.165, 1.54) is 0 Å². The molecular weight excluding hydrogens is 478 g/mol. The molecule has 1 aliphatic carbocycles. The molecule has 36 heavy (non-hydrogen) atoms. The summed E-state index contributed by atoms with van der Waals surface area (Å²) in [6, 6.07) is 12.9. The first-order valence-electron chi connectivity index (χ1n) is 12.3. The van der Waals surface area contributed by atoms with Crippen LogP contribution in [0.1, 0.15) is 51.7 Å². The molecule has 1 saturated carbocycles. The maximum absolute atomic E-state index is 13.6. The third-order valence-corrected chi connectivity index (χ3v) is 6.37. The van der Waals surface area contributed by atoms with E-state index < -0.39 is 5.41 Å². The van der Waals surface area contributed by atoms with Crippen LogP contribution in [0, 0.1) is 12.3 Å². The molecule has 0 aromatic heterocycles. The zero-order valence-corrected chi connectivity index (χ0v) is 22.8. The van der Waals surface area contributed by atoms with E-state index in [-0.39, 0.29) is 18.1 Å². The number of benzene rings is 2. The molecule has 2 amide bonds. The summed E-state index contributed by atoms with van der Waals surface area (Å²) >= 11 is 6.06. The summed E-state index contributed by atoms with van der Waals surface area (Å²) in [5.41, 5.74) is 2.00. The zero-order chi connectivity index (χ0) is 26.5. The summed E-state index contributed by atoms with van der Waals surface area (Å²) in [4.78, 5) is 34.1. The Kier molecular flexibility index (Phi) is 9.01. The minimum atomic E-state index is -0.610. The van der Waals surface area contributed by atoms with E-state index in [9.17, 15) is 9.59 Å². The van der Waals surface area contributed by atoms with Gasteiger partial charge in [-0.05, 0) is 88.9 Å². The van der Waals surface area contributed by atoms with E-state index >= 15 is 0 Å². The summed E-state index contributed by atoms with van der Waals surface area (Å²) in [6.07, 6.45) is 1.52. The number of nitrogens with zero attached hydrogens (tertiary/aromatic N) is 3. The molecule has 0 N–H and O–H groups in total. The van der Waals surface area contributed by atoms with Gasteiger partial charge in [-0.25, -0.2) is 9.79 Å². The molecule has 7 nitrogen and oxygen atoms in total. The second-order valence-corrected chi connectivity index (χ2v) is 10.1. The molecular formula is C28H36ClN3O4. The topological polar surface area (TPSA) is 71.4 Å². The standard InChI is InChI=1S/C28H36ClN3O4/c1-7-35-26(33)28(14-15-28)18-31(6)27(34)32(17-22-8-10-23(29)11-9-22)21(5)30-24-12-13-25(20(4)16-24)36-19(2)3/h8-13,16,19H,7,14-15,17-18H2,1-6H3. The van der Waals surface area contributed by atoms with Crippen molar-refractivity contribution >= 4 is 35.1 Å². The van der Waals surface area contributed by atoms with Gasteiger partial charge >= 0.3 is 12.0 Å². The van der Waals surface area contributed by atoms with Crippen LogP contribution in [0.4, 0.5) is 10.5 Å². The Bertz CT molecular complexity index is 1110. The van der Waals surface area contributed by atoms with Crippen LogP contribution in [0.2, 0.25) is 5.02 Å². The maximum atomic E-state index is 13.6. The number of aliphatic imine (C=N–C) groups is 1. The van der Waals surface area contributed by atoms with Gasteiger partial charge in [0.15, 0.2) is 0 Å². The molecule has 3 rings (SSSR count). The molecule has 1 fully saturated rings. The van der Waals surface area contributed by atoms with Crippen molar-refractivity contribution in [2.75, 3.05) is 20.2 Å². The van der Waals surface area contributed by atoms with E-state index in [0.29, 0.717) is 30.6 Å².